The van der Waals surface area contributed by atoms with Crippen LogP contribution in [0.15, 0.2) is 0 Å². The molecule has 1 rings (SSSR count). The summed E-state index contributed by atoms with van der Waals surface area (Å²) in [5.74, 6) is 0. The summed E-state index contributed by atoms with van der Waals surface area (Å²) < 4.78 is 0. The smallest absolute Gasteiger partial charge is 0.325 e. The SMILES string of the molecule is CC1C(O)NC(=O)NC(=O)N1C. The molecule has 3 N–H and O–H groups in total. The van der Waals surface area contributed by atoms with Crippen LogP contribution in [0.3, 0.4) is 0 Å². The fourth-order valence-corrected chi connectivity index (χ4v) is 0.873. The molecule has 2 atom stereocenters. The van der Waals surface area contributed by atoms with Crippen molar-refractivity contribution in [3.63, 3.8) is 0 Å². The van der Waals surface area contributed by atoms with Gasteiger partial charge in [0, 0.05) is 7.05 Å². The van der Waals surface area contributed by atoms with Gasteiger partial charge in [0.1, 0.15) is 6.23 Å². The van der Waals surface area contributed by atoms with Crippen molar-refractivity contribution in [1.29, 1.82) is 0 Å². The summed E-state index contributed by atoms with van der Waals surface area (Å²) in [6.07, 6.45) is -1.03. The Morgan fingerprint density at radius 1 is 1.50 bits per heavy atom. The second kappa shape index (κ2) is 2.98. The maximum absolute atomic E-state index is 11.0. The molecule has 12 heavy (non-hydrogen) atoms. The lowest BCUT2D eigenvalue weighted by Gasteiger charge is -2.23. The van der Waals surface area contributed by atoms with Gasteiger partial charge in [-0.25, -0.2) is 9.59 Å². The molecule has 0 bridgehead atoms. The van der Waals surface area contributed by atoms with Crippen LogP contribution in [-0.4, -0.2) is 41.4 Å². The molecule has 4 amide bonds. The van der Waals surface area contributed by atoms with E-state index in [2.05, 4.69) is 5.32 Å². The Morgan fingerprint density at radius 2 is 2.08 bits per heavy atom. The summed E-state index contributed by atoms with van der Waals surface area (Å²) in [7, 11) is 1.50. The van der Waals surface area contributed by atoms with Crippen LogP contribution < -0.4 is 10.6 Å². The van der Waals surface area contributed by atoms with E-state index in [1.807, 2.05) is 5.32 Å². The van der Waals surface area contributed by atoms with Crippen LogP contribution in [-0.2, 0) is 0 Å². The van der Waals surface area contributed by atoms with E-state index in [4.69, 9.17) is 0 Å². The minimum atomic E-state index is -1.03. The van der Waals surface area contributed by atoms with E-state index in [-0.39, 0.29) is 0 Å². The zero-order chi connectivity index (χ0) is 9.30. The van der Waals surface area contributed by atoms with E-state index < -0.39 is 24.3 Å². The summed E-state index contributed by atoms with van der Waals surface area (Å²) in [4.78, 5) is 23.0. The Kier molecular flexibility index (Phi) is 2.18. The number of imide groups is 1. The van der Waals surface area contributed by atoms with E-state index in [1.54, 1.807) is 6.92 Å². The first-order chi connectivity index (χ1) is 5.52. The van der Waals surface area contributed by atoms with Gasteiger partial charge >= 0.3 is 12.1 Å². The predicted octanol–water partition coefficient (Wildman–Crippen LogP) is -0.942. The van der Waals surface area contributed by atoms with Crippen LogP contribution >= 0.6 is 0 Å². The van der Waals surface area contributed by atoms with E-state index in [9.17, 15) is 14.7 Å². The maximum Gasteiger partial charge on any atom is 0.325 e. The molecule has 1 fully saturated rings. The van der Waals surface area contributed by atoms with Crippen molar-refractivity contribution in [3.05, 3.63) is 0 Å². The third kappa shape index (κ3) is 1.48. The zero-order valence-electron chi connectivity index (χ0n) is 6.87. The van der Waals surface area contributed by atoms with Crippen molar-refractivity contribution in [3.8, 4) is 0 Å². The molecule has 68 valence electrons. The minimum Gasteiger partial charge on any atom is -0.371 e. The second-order valence-electron chi connectivity index (χ2n) is 2.70. The van der Waals surface area contributed by atoms with Gasteiger partial charge in [-0.3, -0.25) is 5.32 Å². The predicted molar refractivity (Wildman–Crippen MR) is 40.3 cm³/mol. The fraction of sp³-hybridized carbons (Fsp3) is 0.667. The molecule has 6 heteroatoms. The Labute approximate surface area is 69.5 Å². The molecule has 1 aliphatic heterocycles. The van der Waals surface area contributed by atoms with Crippen molar-refractivity contribution in [2.45, 2.75) is 19.2 Å². The number of nitrogens with one attached hydrogen (secondary N) is 2. The molecule has 2 unspecified atom stereocenters. The van der Waals surface area contributed by atoms with Crippen molar-refractivity contribution in [2.75, 3.05) is 7.05 Å². The van der Waals surface area contributed by atoms with Gasteiger partial charge in [-0.1, -0.05) is 0 Å². The van der Waals surface area contributed by atoms with Gasteiger partial charge in [0.05, 0.1) is 6.04 Å². The number of aliphatic hydroxyl groups excluding tert-OH is 1. The molecule has 0 aromatic heterocycles. The molecule has 0 radical (unpaired) electrons. The fourth-order valence-electron chi connectivity index (χ4n) is 0.873. The standard InChI is InChI=1S/C6H11N3O3/c1-3-4(10)7-5(11)8-6(12)9(3)2/h3-4,10H,1-2H3,(H2,7,8,11,12). The van der Waals surface area contributed by atoms with Crippen LogP contribution in [0.25, 0.3) is 0 Å². The van der Waals surface area contributed by atoms with Crippen molar-refractivity contribution in [2.24, 2.45) is 0 Å². The lowest BCUT2D eigenvalue weighted by atomic mass is 10.3. The van der Waals surface area contributed by atoms with Crippen molar-refractivity contribution >= 4 is 12.1 Å². The molecule has 6 nitrogen and oxygen atoms in total. The summed E-state index contributed by atoms with van der Waals surface area (Å²) in [5, 5.41) is 13.5. The van der Waals surface area contributed by atoms with Crippen LogP contribution in [0.4, 0.5) is 9.59 Å². The summed E-state index contributed by atoms with van der Waals surface area (Å²) in [5.41, 5.74) is 0. The largest absolute Gasteiger partial charge is 0.371 e. The Hall–Kier alpha value is -1.30. The first-order valence-electron chi connectivity index (χ1n) is 3.54. The first kappa shape index (κ1) is 8.79. The summed E-state index contributed by atoms with van der Waals surface area (Å²) >= 11 is 0. The summed E-state index contributed by atoms with van der Waals surface area (Å²) in [6.45, 7) is 1.63. The Morgan fingerprint density at radius 3 is 2.67 bits per heavy atom. The van der Waals surface area contributed by atoms with E-state index >= 15 is 0 Å². The van der Waals surface area contributed by atoms with Gasteiger partial charge in [0.2, 0.25) is 0 Å². The second-order valence-corrected chi connectivity index (χ2v) is 2.70. The normalized spacial score (nSPS) is 30.8. The Balaban J connectivity index is 2.80. The molecule has 1 aliphatic rings. The number of likely N-dealkylation sites (N-methyl/N-ethyl adjacent to an activating group) is 1. The number of hydrogen-bond donors (Lipinski definition) is 3. The number of aliphatic hydroxyl groups is 1. The highest BCUT2D eigenvalue weighted by molar-refractivity contribution is 5.94. The van der Waals surface area contributed by atoms with Gasteiger partial charge in [0.15, 0.2) is 0 Å². The number of urea groups is 2. The molecule has 0 spiro atoms. The quantitative estimate of drug-likeness (QED) is 0.442. The number of nitrogens with zero attached hydrogens (tertiary/aromatic N) is 1. The molecular weight excluding hydrogens is 162 g/mol. The number of carbonyl (C=O) groups excluding carboxylic acids is 2. The van der Waals surface area contributed by atoms with E-state index in [0.717, 1.165) is 0 Å². The van der Waals surface area contributed by atoms with Gasteiger partial charge in [-0.05, 0) is 6.92 Å². The van der Waals surface area contributed by atoms with Gasteiger partial charge in [0.25, 0.3) is 0 Å². The molecule has 0 aromatic carbocycles. The molecule has 0 saturated carbocycles. The minimum absolute atomic E-state index is 0.434. The first-order valence-corrected chi connectivity index (χ1v) is 3.54. The van der Waals surface area contributed by atoms with E-state index in [1.165, 1.54) is 11.9 Å². The third-order valence-corrected chi connectivity index (χ3v) is 1.89. The monoisotopic (exact) mass is 173 g/mol. The highest BCUT2D eigenvalue weighted by atomic mass is 16.3. The molecule has 1 saturated heterocycles. The van der Waals surface area contributed by atoms with Crippen molar-refractivity contribution < 1.29 is 14.7 Å². The van der Waals surface area contributed by atoms with E-state index in [0.29, 0.717) is 0 Å². The summed E-state index contributed by atoms with van der Waals surface area (Å²) in [6, 6.07) is -1.63. The number of rotatable bonds is 0. The van der Waals surface area contributed by atoms with Crippen molar-refractivity contribution in [1.82, 2.24) is 15.5 Å². The topological polar surface area (TPSA) is 81.7 Å². The number of hydrogen-bond acceptors (Lipinski definition) is 3. The molecule has 0 aliphatic carbocycles. The van der Waals surface area contributed by atoms with Crippen LogP contribution in [0, 0.1) is 0 Å². The average Bonchev–Trinajstić information content (AvgIpc) is 2.05. The number of carbonyl (C=O) groups is 2. The third-order valence-electron chi connectivity index (χ3n) is 1.89. The van der Waals surface area contributed by atoms with Gasteiger partial charge in [-0.15, -0.1) is 0 Å². The Bertz CT molecular complexity index is 218. The lowest BCUT2D eigenvalue weighted by molar-refractivity contribution is 0.0779. The molecule has 0 aromatic rings. The maximum atomic E-state index is 11.0. The number of amides is 4. The molecule has 1 heterocycles. The highest BCUT2D eigenvalue weighted by Gasteiger charge is 2.29. The zero-order valence-corrected chi connectivity index (χ0v) is 6.87. The van der Waals surface area contributed by atoms with Gasteiger partial charge in [-0.2, -0.15) is 0 Å². The van der Waals surface area contributed by atoms with Gasteiger partial charge < -0.3 is 15.3 Å². The van der Waals surface area contributed by atoms with Crippen LogP contribution in [0.2, 0.25) is 0 Å². The average molecular weight is 173 g/mol. The van der Waals surface area contributed by atoms with Crippen LogP contribution in [0.1, 0.15) is 6.92 Å². The highest BCUT2D eigenvalue weighted by Crippen LogP contribution is 2.02. The van der Waals surface area contributed by atoms with Crippen LogP contribution in [0.5, 0.6) is 0 Å². The molecular formula is C6H11N3O3. The lowest BCUT2D eigenvalue weighted by Crippen LogP contribution is -2.45.